The molecule has 0 bridgehead atoms. The highest BCUT2D eigenvalue weighted by Crippen LogP contribution is 2.37. The van der Waals surface area contributed by atoms with Gasteiger partial charge in [-0.3, -0.25) is 0 Å². The average molecular weight is 406 g/mol. The molecule has 0 atom stereocenters. The van der Waals surface area contributed by atoms with Crippen molar-refractivity contribution < 1.29 is 27.5 Å². The maximum Gasteiger partial charge on any atom is 0.417 e. The number of carboxylic acids is 1. The minimum absolute atomic E-state index is 0.177. The Morgan fingerprint density at radius 1 is 1.14 bits per heavy atom. The van der Waals surface area contributed by atoms with E-state index in [9.17, 15) is 27.6 Å². The van der Waals surface area contributed by atoms with Gasteiger partial charge >= 0.3 is 12.1 Å². The summed E-state index contributed by atoms with van der Waals surface area (Å²) < 4.78 is 53.5. The lowest BCUT2D eigenvalue weighted by atomic mass is 9.91. The molecular formula is C19H14F4N4O2. The van der Waals surface area contributed by atoms with Crippen molar-refractivity contribution in [2.45, 2.75) is 19.0 Å². The van der Waals surface area contributed by atoms with Gasteiger partial charge in [0.15, 0.2) is 11.5 Å². The molecule has 0 unspecified atom stereocenters. The number of hydrogen-bond donors (Lipinski definition) is 1. The van der Waals surface area contributed by atoms with Crippen LogP contribution in [0.25, 0.3) is 5.57 Å². The van der Waals surface area contributed by atoms with Crippen LogP contribution in [0.15, 0.2) is 35.9 Å². The smallest absolute Gasteiger partial charge is 0.417 e. The SMILES string of the molecule is N#CC(=C1CCN(c2ccc(C(=O)O)nn2)CC1)c1cc(F)ccc1C(F)(F)F. The molecule has 150 valence electrons. The van der Waals surface area contributed by atoms with E-state index in [1.807, 2.05) is 0 Å². The molecule has 6 nitrogen and oxygen atoms in total. The van der Waals surface area contributed by atoms with E-state index in [-0.39, 0.29) is 24.1 Å². The van der Waals surface area contributed by atoms with E-state index in [1.54, 1.807) is 11.0 Å². The van der Waals surface area contributed by atoms with Gasteiger partial charge in [0.2, 0.25) is 0 Å². The van der Waals surface area contributed by atoms with E-state index in [2.05, 4.69) is 10.2 Å². The molecule has 1 aliphatic heterocycles. The van der Waals surface area contributed by atoms with Gasteiger partial charge in [-0.05, 0) is 48.7 Å². The van der Waals surface area contributed by atoms with E-state index < -0.39 is 29.1 Å². The molecule has 0 amide bonds. The molecule has 3 rings (SSSR count). The van der Waals surface area contributed by atoms with Gasteiger partial charge in [-0.2, -0.15) is 18.4 Å². The van der Waals surface area contributed by atoms with Crippen LogP contribution in [-0.2, 0) is 6.18 Å². The van der Waals surface area contributed by atoms with Crippen molar-refractivity contribution in [2.24, 2.45) is 0 Å². The fraction of sp³-hybridized carbons (Fsp3) is 0.263. The predicted molar refractivity (Wildman–Crippen MR) is 94.4 cm³/mol. The van der Waals surface area contributed by atoms with Crippen LogP contribution in [-0.4, -0.2) is 34.4 Å². The molecule has 0 aliphatic carbocycles. The van der Waals surface area contributed by atoms with Crippen molar-refractivity contribution in [2.75, 3.05) is 18.0 Å². The number of piperidine rings is 1. The third-order valence-corrected chi connectivity index (χ3v) is 4.58. The van der Waals surface area contributed by atoms with Crippen LogP contribution in [0, 0.1) is 17.1 Å². The summed E-state index contributed by atoms with van der Waals surface area (Å²) in [5, 5.41) is 25.8. The number of carbonyl (C=O) groups is 1. The highest BCUT2D eigenvalue weighted by Gasteiger charge is 2.35. The van der Waals surface area contributed by atoms with Gasteiger partial charge in [0, 0.05) is 18.7 Å². The summed E-state index contributed by atoms with van der Waals surface area (Å²) in [4.78, 5) is 12.6. The topological polar surface area (TPSA) is 90.1 Å². The first-order valence-corrected chi connectivity index (χ1v) is 8.52. The zero-order chi connectivity index (χ0) is 21.2. The van der Waals surface area contributed by atoms with E-state index in [0.29, 0.717) is 36.6 Å². The number of anilines is 1. The molecule has 1 saturated heterocycles. The number of benzene rings is 1. The van der Waals surface area contributed by atoms with E-state index in [0.717, 1.165) is 6.07 Å². The largest absolute Gasteiger partial charge is 0.476 e. The summed E-state index contributed by atoms with van der Waals surface area (Å²) in [6.07, 6.45) is -4.16. The highest BCUT2D eigenvalue weighted by atomic mass is 19.4. The van der Waals surface area contributed by atoms with Gasteiger partial charge in [-0.25, -0.2) is 9.18 Å². The molecule has 0 saturated carbocycles. The third kappa shape index (κ3) is 4.34. The molecule has 10 heteroatoms. The monoisotopic (exact) mass is 406 g/mol. The molecular weight excluding hydrogens is 392 g/mol. The number of nitrogens with zero attached hydrogens (tertiary/aromatic N) is 4. The average Bonchev–Trinajstić information content (AvgIpc) is 2.68. The summed E-state index contributed by atoms with van der Waals surface area (Å²) in [6, 6.07) is 6.68. The van der Waals surface area contributed by atoms with Gasteiger partial charge in [0.25, 0.3) is 0 Å². The van der Waals surface area contributed by atoms with Crippen LogP contribution < -0.4 is 4.90 Å². The minimum atomic E-state index is -4.71. The number of alkyl halides is 3. The molecule has 29 heavy (non-hydrogen) atoms. The second kappa shape index (κ2) is 7.87. The van der Waals surface area contributed by atoms with Crippen LogP contribution >= 0.6 is 0 Å². The number of halogens is 4. The number of hydrogen-bond acceptors (Lipinski definition) is 5. The van der Waals surface area contributed by atoms with E-state index >= 15 is 0 Å². The first-order valence-electron chi connectivity index (χ1n) is 8.52. The third-order valence-electron chi connectivity index (χ3n) is 4.58. The first-order chi connectivity index (χ1) is 13.7. The molecule has 1 aliphatic rings. The quantitative estimate of drug-likeness (QED) is 0.614. The number of carboxylic acid groups (broad SMARTS) is 1. The van der Waals surface area contributed by atoms with E-state index in [4.69, 9.17) is 5.11 Å². The molecule has 2 aromatic rings. The maximum absolute atomic E-state index is 13.6. The Bertz CT molecular complexity index is 1000. The van der Waals surface area contributed by atoms with Crippen molar-refractivity contribution in [3.05, 3.63) is 58.5 Å². The Morgan fingerprint density at radius 2 is 1.83 bits per heavy atom. The number of rotatable bonds is 3. The van der Waals surface area contributed by atoms with Crippen molar-refractivity contribution in [3.63, 3.8) is 0 Å². The molecule has 1 fully saturated rings. The molecule has 2 heterocycles. The lowest BCUT2D eigenvalue weighted by molar-refractivity contribution is -0.137. The van der Waals surface area contributed by atoms with Gasteiger partial charge in [-0.1, -0.05) is 0 Å². The Morgan fingerprint density at radius 3 is 2.34 bits per heavy atom. The Balaban J connectivity index is 1.87. The highest BCUT2D eigenvalue weighted by molar-refractivity contribution is 5.85. The number of nitriles is 1. The lowest BCUT2D eigenvalue weighted by Gasteiger charge is -2.30. The second-order valence-electron chi connectivity index (χ2n) is 6.35. The summed E-state index contributed by atoms with van der Waals surface area (Å²) in [6.45, 7) is 0.691. The Hall–Kier alpha value is -3.48. The zero-order valence-corrected chi connectivity index (χ0v) is 14.9. The van der Waals surface area contributed by atoms with Gasteiger partial charge in [0.1, 0.15) is 5.82 Å². The maximum atomic E-state index is 13.6. The number of aromatic carboxylic acids is 1. The second-order valence-corrected chi connectivity index (χ2v) is 6.35. The number of allylic oxidation sites excluding steroid dienone is 1. The fourth-order valence-electron chi connectivity index (χ4n) is 3.16. The van der Waals surface area contributed by atoms with Gasteiger partial charge in [-0.15, -0.1) is 10.2 Å². The van der Waals surface area contributed by atoms with Crippen LogP contribution in [0.3, 0.4) is 0 Å². The zero-order valence-electron chi connectivity index (χ0n) is 14.9. The van der Waals surface area contributed by atoms with Gasteiger partial charge in [0.05, 0.1) is 17.2 Å². The molecule has 0 spiro atoms. The predicted octanol–water partition coefficient (Wildman–Crippen LogP) is 3.91. The summed E-state index contributed by atoms with van der Waals surface area (Å²) >= 11 is 0. The Labute approximate surface area is 162 Å². The minimum Gasteiger partial charge on any atom is -0.476 e. The van der Waals surface area contributed by atoms with Crippen LogP contribution in [0.5, 0.6) is 0 Å². The fourth-order valence-corrected chi connectivity index (χ4v) is 3.16. The van der Waals surface area contributed by atoms with E-state index in [1.165, 1.54) is 12.1 Å². The summed E-state index contributed by atoms with van der Waals surface area (Å²) in [7, 11) is 0. The first kappa shape index (κ1) is 20.3. The van der Waals surface area contributed by atoms with Crippen molar-refractivity contribution in [1.82, 2.24) is 10.2 Å². The number of aromatic nitrogens is 2. The van der Waals surface area contributed by atoms with Crippen molar-refractivity contribution in [1.29, 1.82) is 5.26 Å². The Kier molecular flexibility index (Phi) is 5.50. The normalized spacial score (nSPS) is 14.4. The van der Waals surface area contributed by atoms with Crippen molar-refractivity contribution >= 4 is 17.4 Å². The molecule has 1 aromatic carbocycles. The summed E-state index contributed by atoms with van der Waals surface area (Å²) in [5.74, 6) is -1.64. The van der Waals surface area contributed by atoms with Crippen LogP contribution in [0.1, 0.15) is 34.5 Å². The lowest BCUT2D eigenvalue weighted by Crippen LogP contribution is -2.32. The van der Waals surface area contributed by atoms with Crippen LogP contribution in [0.2, 0.25) is 0 Å². The van der Waals surface area contributed by atoms with Gasteiger partial charge < -0.3 is 10.0 Å². The molecule has 0 radical (unpaired) electrons. The van der Waals surface area contributed by atoms with Crippen molar-refractivity contribution in [3.8, 4) is 6.07 Å². The molecule has 1 aromatic heterocycles. The molecule has 1 N–H and O–H groups in total. The van der Waals surface area contributed by atoms with Crippen LogP contribution in [0.4, 0.5) is 23.4 Å². The standard InChI is InChI=1S/C19H14F4N4O2/c20-12-1-2-15(19(21,22)23)13(9-12)14(10-24)11-5-7-27(8-6-11)17-4-3-16(18(28)29)25-26-17/h1-4,9H,5-8H2,(H,28,29). The summed E-state index contributed by atoms with van der Waals surface area (Å²) in [5.41, 5.74) is -1.41.